The Kier molecular flexibility index (Phi) is 5.37. The predicted octanol–water partition coefficient (Wildman–Crippen LogP) is 1.82. The third-order valence-corrected chi connectivity index (χ3v) is 5.54. The van der Waals surface area contributed by atoms with Crippen LogP contribution in [0.1, 0.15) is 15.9 Å². The molecule has 2 aromatic rings. The second kappa shape index (κ2) is 7.56. The molecule has 1 fully saturated rings. The second-order valence-corrected chi connectivity index (χ2v) is 8.12. The van der Waals surface area contributed by atoms with E-state index in [1.54, 1.807) is 35.2 Å². The van der Waals surface area contributed by atoms with E-state index in [1.165, 1.54) is 12.1 Å². The fraction of sp³-hybridized carbons (Fsp3) is 0.222. The lowest BCUT2D eigenvalue weighted by Crippen LogP contribution is -2.49. The number of halogens is 1. The Bertz CT molecular complexity index is 1030. The Morgan fingerprint density at radius 1 is 1.11 bits per heavy atom. The highest BCUT2D eigenvalue weighted by atomic mass is 35.5. The van der Waals surface area contributed by atoms with E-state index in [0.717, 1.165) is 0 Å². The smallest absolute Gasteiger partial charge is 0.254 e. The molecule has 0 saturated carbocycles. The molecule has 1 amide bonds. The van der Waals surface area contributed by atoms with Crippen LogP contribution in [0.2, 0.25) is 5.02 Å². The summed E-state index contributed by atoms with van der Waals surface area (Å²) >= 11 is 5.95. The fourth-order valence-electron chi connectivity index (χ4n) is 3.01. The van der Waals surface area contributed by atoms with Crippen molar-refractivity contribution < 1.29 is 13.2 Å². The van der Waals surface area contributed by atoms with Gasteiger partial charge in [-0.15, -0.1) is 0 Å². The number of hydrogen-bond acceptors (Lipinski definition) is 5. The molecular weight excluding hydrogens is 388 g/mol. The van der Waals surface area contributed by atoms with Gasteiger partial charge in [0.25, 0.3) is 5.91 Å². The van der Waals surface area contributed by atoms with E-state index in [2.05, 4.69) is 0 Å². The summed E-state index contributed by atoms with van der Waals surface area (Å²) in [7, 11) is -3.87. The summed E-state index contributed by atoms with van der Waals surface area (Å²) in [5.74, 6) is -0.0952. The summed E-state index contributed by atoms with van der Waals surface area (Å²) in [5, 5.41) is 15.0. The van der Waals surface area contributed by atoms with Crippen LogP contribution in [0.4, 0.5) is 5.69 Å². The van der Waals surface area contributed by atoms with Crippen molar-refractivity contribution in [3.63, 3.8) is 0 Å². The molecule has 140 valence electrons. The van der Waals surface area contributed by atoms with E-state index in [0.29, 0.717) is 42.5 Å². The van der Waals surface area contributed by atoms with Gasteiger partial charge in [-0.1, -0.05) is 17.7 Å². The lowest BCUT2D eigenvalue weighted by Gasteiger charge is -2.36. The normalized spacial score (nSPS) is 14.7. The number of primary sulfonamides is 1. The highest BCUT2D eigenvalue weighted by Crippen LogP contribution is 2.25. The largest absolute Gasteiger partial charge is 0.367 e. The number of carbonyl (C=O) groups excluding carboxylic acids is 1. The molecule has 0 bridgehead atoms. The van der Waals surface area contributed by atoms with Gasteiger partial charge in [0.05, 0.1) is 16.1 Å². The number of nitrogens with zero attached hydrogens (tertiary/aromatic N) is 3. The maximum Gasteiger partial charge on any atom is 0.254 e. The number of hydrogen-bond donors (Lipinski definition) is 1. The molecule has 27 heavy (non-hydrogen) atoms. The maximum atomic E-state index is 12.6. The molecule has 0 unspecified atom stereocenters. The Balaban J connectivity index is 1.74. The van der Waals surface area contributed by atoms with Crippen molar-refractivity contribution in [2.24, 2.45) is 5.14 Å². The van der Waals surface area contributed by atoms with Crippen LogP contribution in [0, 0.1) is 11.3 Å². The van der Waals surface area contributed by atoms with Crippen LogP contribution in [-0.2, 0) is 10.0 Å². The number of carbonyl (C=O) groups is 1. The minimum atomic E-state index is -3.87. The quantitative estimate of drug-likeness (QED) is 0.839. The zero-order valence-electron chi connectivity index (χ0n) is 14.3. The van der Waals surface area contributed by atoms with E-state index in [-0.39, 0.29) is 16.4 Å². The van der Waals surface area contributed by atoms with Crippen molar-refractivity contribution >= 4 is 33.2 Å². The van der Waals surface area contributed by atoms with Gasteiger partial charge in [-0.3, -0.25) is 4.79 Å². The summed E-state index contributed by atoms with van der Waals surface area (Å²) in [6, 6.07) is 13.1. The first kappa shape index (κ1) is 19.2. The molecule has 1 aliphatic heterocycles. The number of amides is 1. The van der Waals surface area contributed by atoms with Crippen LogP contribution in [-0.4, -0.2) is 45.4 Å². The van der Waals surface area contributed by atoms with Gasteiger partial charge in [-0.05, 0) is 36.4 Å². The first-order chi connectivity index (χ1) is 12.8. The van der Waals surface area contributed by atoms with Crippen LogP contribution >= 0.6 is 11.6 Å². The number of anilines is 1. The standard InChI is InChI=1S/C18H17ClN4O3S/c19-15-3-1-2-13(10-15)18(24)23-8-6-22(7-9-23)17-5-4-16(27(21,25)26)11-14(17)12-20/h1-5,10-11H,6-9H2,(H2,21,25,26). The molecule has 7 nitrogen and oxygen atoms in total. The summed E-state index contributed by atoms with van der Waals surface area (Å²) < 4.78 is 22.9. The first-order valence-corrected chi connectivity index (χ1v) is 10.1. The molecule has 2 aromatic carbocycles. The number of sulfonamides is 1. The topological polar surface area (TPSA) is 107 Å². The third kappa shape index (κ3) is 4.22. The van der Waals surface area contributed by atoms with Gasteiger partial charge in [-0.25, -0.2) is 13.6 Å². The van der Waals surface area contributed by atoms with E-state index >= 15 is 0 Å². The minimum absolute atomic E-state index is 0.0952. The molecule has 2 N–H and O–H groups in total. The Hall–Kier alpha value is -2.60. The zero-order valence-corrected chi connectivity index (χ0v) is 15.9. The van der Waals surface area contributed by atoms with Gasteiger partial charge >= 0.3 is 0 Å². The number of nitrogens with two attached hydrogens (primary N) is 1. The number of benzene rings is 2. The predicted molar refractivity (Wildman–Crippen MR) is 102 cm³/mol. The van der Waals surface area contributed by atoms with Crippen LogP contribution in [0.5, 0.6) is 0 Å². The Morgan fingerprint density at radius 3 is 2.41 bits per heavy atom. The first-order valence-electron chi connectivity index (χ1n) is 8.16. The van der Waals surface area contributed by atoms with Crippen molar-refractivity contribution in [1.29, 1.82) is 5.26 Å². The van der Waals surface area contributed by atoms with E-state index in [9.17, 15) is 18.5 Å². The van der Waals surface area contributed by atoms with Crippen LogP contribution in [0.25, 0.3) is 0 Å². The van der Waals surface area contributed by atoms with E-state index in [4.69, 9.17) is 16.7 Å². The number of piperazine rings is 1. The van der Waals surface area contributed by atoms with Gasteiger partial charge in [0.15, 0.2) is 0 Å². The van der Waals surface area contributed by atoms with Gasteiger partial charge in [-0.2, -0.15) is 5.26 Å². The highest BCUT2D eigenvalue weighted by Gasteiger charge is 2.24. The third-order valence-electron chi connectivity index (χ3n) is 4.40. The van der Waals surface area contributed by atoms with Crippen molar-refractivity contribution in [3.05, 3.63) is 58.6 Å². The molecule has 3 rings (SSSR count). The minimum Gasteiger partial charge on any atom is -0.367 e. The highest BCUT2D eigenvalue weighted by molar-refractivity contribution is 7.89. The van der Waals surface area contributed by atoms with Crippen LogP contribution < -0.4 is 10.0 Å². The summed E-state index contributed by atoms with van der Waals surface area (Å²) in [6.45, 7) is 2.01. The van der Waals surface area contributed by atoms with Gasteiger partial charge in [0.2, 0.25) is 10.0 Å². The van der Waals surface area contributed by atoms with Gasteiger partial charge in [0, 0.05) is 36.8 Å². The van der Waals surface area contributed by atoms with Crippen LogP contribution in [0.3, 0.4) is 0 Å². The number of rotatable bonds is 3. The number of nitriles is 1. The SMILES string of the molecule is N#Cc1cc(S(N)(=O)=O)ccc1N1CCN(C(=O)c2cccc(Cl)c2)CC1. The molecule has 9 heteroatoms. The molecule has 0 aliphatic carbocycles. The second-order valence-electron chi connectivity index (χ2n) is 6.13. The van der Waals surface area contributed by atoms with Gasteiger partial charge < -0.3 is 9.80 Å². The van der Waals surface area contributed by atoms with Crippen molar-refractivity contribution in [3.8, 4) is 6.07 Å². The van der Waals surface area contributed by atoms with Gasteiger partial charge in [0.1, 0.15) is 6.07 Å². The Labute approximate surface area is 162 Å². The Morgan fingerprint density at radius 2 is 1.81 bits per heavy atom. The van der Waals surface area contributed by atoms with Crippen LogP contribution in [0.15, 0.2) is 47.4 Å². The molecule has 0 aromatic heterocycles. The monoisotopic (exact) mass is 404 g/mol. The lowest BCUT2D eigenvalue weighted by molar-refractivity contribution is 0.0746. The molecule has 1 heterocycles. The van der Waals surface area contributed by atoms with Crippen molar-refractivity contribution in [1.82, 2.24) is 4.90 Å². The summed E-state index contributed by atoms with van der Waals surface area (Å²) in [4.78, 5) is 16.2. The summed E-state index contributed by atoms with van der Waals surface area (Å²) in [6.07, 6.45) is 0. The fourth-order valence-corrected chi connectivity index (χ4v) is 3.74. The molecular formula is C18H17ClN4O3S. The molecule has 0 atom stereocenters. The molecule has 0 radical (unpaired) electrons. The van der Waals surface area contributed by atoms with E-state index < -0.39 is 10.0 Å². The summed E-state index contributed by atoms with van der Waals surface area (Å²) in [5.41, 5.74) is 1.39. The average molecular weight is 405 g/mol. The van der Waals surface area contributed by atoms with Crippen molar-refractivity contribution in [2.45, 2.75) is 4.90 Å². The molecule has 1 saturated heterocycles. The zero-order chi connectivity index (χ0) is 19.6. The maximum absolute atomic E-state index is 12.6. The molecule has 0 spiro atoms. The van der Waals surface area contributed by atoms with E-state index in [1.807, 2.05) is 11.0 Å². The molecule has 1 aliphatic rings. The average Bonchev–Trinajstić information content (AvgIpc) is 2.66. The lowest BCUT2D eigenvalue weighted by atomic mass is 10.1. The van der Waals surface area contributed by atoms with Crippen molar-refractivity contribution in [2.75, 3.05) is 31.1 Å².